The van der Waals surface area contributed by atoms with Crippen molar-refractivity contribution in [1.82, 2.24) is 0 Å². The van der Waals surface area contributed by atoms with Gasteiger partial charge in [-0.15, -0.1) is 11.3 Å². The van der Waals surface area contributed by atoms with Gasteiger partial charge in [-0.25, -0.2) is 0 Å². The van der Waals surface area contributed by atoms with Crippen LogP contribution in [0.2, 0.25) is 13.1 Å². The van der Waals surface area contributed by atoms with Gasteiger partial charge in [0.1, 0.15) is 25.6 Å². The van der Waals surface area contributed by atoms with Crippen LogP contribution in [-0.2, 0) is 5.41 Å². The normalized spacial score (nSPS) is 18.2. The number of thiophene rings is 1. The summed E-state index contributed by atoms with van der Waals surface area (Å²) >= 11 is 1.65. The number of carbonyl (C=O) groups is 2. The van der Waals surface area contributed by atoms with E-state index in [0.717, 1.165) is 4.88 Å². The minimum absolute atomic E-state index is 0.208. The maximum absolute atomic E-state index is 12.9. The van der Waals surface area contributed by atoms with Gasteiger partial charge in [0.2, 0.25) is 11.6 Å². The lowest BCUT2D eigenvalue weighted by molar-refractivity contribution is 0.0988. The molecule has 0 spiro atoms. The second-order valence-corrected chi connectivity index (χ2v) is 16.0. The summed E-state index contributed by atoms with van der Waals surface area (Å²) in [6.45, 7) is 9.43. The van der Waals surface area contributed by atoms with Gasteiger partial charge >= 0.3 is 0 Å². The van der Waals surface area contributed by atoms with E-state index in [2.05, 4.69) is 80.4 Å². The maximum atomic E-state index is 12.9. The van der Waals surface area contributed by atoms with E-state index >= 15 is 0 Å². The molecule has 0 saturated heterocycles. The minimum atomic E-state index is -1.89. The summed E-state index contributed by atoms with van der Waals surface area (Å²) in [5, 5.41) is 4.05. The number of fused-ring (bicyclic) bond motifs is 5. The highest BCUT2D eigenvalue weighted by Gasteiger charge is 2.47. The van der Waals surface area contributed by atoms with E-state index in [1.54, 1.807) is 17.4 Å². The first-order valence-corrected chi connectivity index (χ1v) is 15.6. The van der Waals surface area contributed by atoms with Gasteiger partial charge in [0.05, 0.1) is 22.4 Å². The Morgan fingerprint density at radius 2 is 1.60 bits per heavy atom. The van der Waals surface area contributed by atoms with Crippen molar-refractivity contribution in [1.29, 1.82) is 0 Å². The molecule has 7 rings (SSSR count). The molecule has 2 aromatic carbocycles. The molecule has 35 heavy (non-hydrogen) atoms. The van der Waals surface area contributed by atoms with Crippen LogP contribution in [0.4, 0.5) is 16.4 Å². The fraction of sp³-hybridized carbons (Fsp3) is 0.172. The molecule has 2 aromatic heterocycles. The van der Waals surface area contributed by atoms with Gasteiger partial charge in [0.15, 0.2) is 0 Å². The Kier molecular flexibility index (Phi) is 3.93. The predicted octanol–water partition coefficient (Wildman–Crippen LogP) is 6.05. The third-order valence-electron chi connectivity index (χ3n) is 7.96. The number of para-hydroxylation sites is 2. The second-order valence-electron chi connectivity index (χ2n) is 10.6. The van der Waals surface area contributed by atoms with Crippen molar-refractivity contribution in [2.45, 2.75) is 32.4 Å². The SMILES string of the molecule is CC1(C)c2cc(C=C3C(=O)c4cocc4C3=O)sc2N2c3ccccc3[Si](C)(C)c3cccc1c32. The van der Waals surface area contributed by atoms with E-state index in [4.69, 9.17) is 4.42 Å². The summed E-state index contributed by atoms with van der Waals surface area (Å²) in [5.74, 6) is -0.517. The highest BCUT2D eigenvalue weighted by Crippen LogP contribution is 2.56. The fourth-order valence-electron chi connectivity index (χ4n) is 6.01. The summed E-state index contributed by atoms with van der Waals surface area (Å²) in [6.07, 6.45) is 4.50. The molecule has 0 bridgehead atoms. The van der Waals surface area contributed by atoms with Crippen LogP contribution in [0, 0.1) is 0 Å². The molecule has 4 nitrogen and oxygen atoms in total. The van der Waals surface area contributed by atoms with E-state index < -0.39 is 8.07 Å². The Balaban J connectivity index is 1.47. The first-order valence-electron chi connectivity index (χ1n) is 11.8. The lowest BCUT2D eigenvalue weighted by Crippen LogP contribution is -2.59. The van der Waals surface area contributed by atoms with Crippen LogP contribution in [0.1, 0.15) is 50.6 Å². The van der Waals surface area contributed by atoms with Crippen molar-refractivity contribution in [2.75, 3.05) is 4.90 Å². The number of ketones is 2. The minimum Gasteiger partial charge on any atom is -0.471 e. The molecule has 0 radical (unpaired) electrons. The highest BCUT2D eigenvalue weighted by molar-refractivity contribution is 7.17. The van der Waals surface area contributed by atoms with Crippen LogP contribution < -0.4 is 15.3 Å². The van der Waals surface area contributed by atoms with Gasteiger partial charge in [-0.1, -0.05) is 63.3 Å². The average Bonchev–Trinajstić information content (AvgIpc) is 3.54. The molecule has 0 N–H and O–H groups in total. The van der Waals surface area contributed by atoms with Crippen molar-refractivity contribution in [3.63, 3.8) is 0 Å². The predicted molar refractivity (Wildman–Crippen MR) is 143 cm³/mol. The summed E-state index contributed by atoms with van der Waals surface area (Å²) in [6, 6.07) is 17.7. The molecule has 6 heteroatoms. The zero-order valence-corrected chi connectivity index (χ0v) is 21.7. The number of hydrogen-bond acceptors (Lipinski definition) is 5. The van der Waals surface area contributed by atoms with E-state index in [-0.39, 0.29) is 22.6 Å². The van der Waals surface area contributed by atoms with Gasteiger partial charge in [0, 0.05) is 16.0 Å². The van der Waals surface area contributed by atoms with E-state index in [9.17, 15) is 9.59 Å². The zero-order chi connectivity index (χ0) is 24.3. The maximum Gasteiger partial charge on any atom is 0.201 e. The Labute approximate surface area is 208 Å². The monoisotopic (exact) mass is 493 g/mol. The highest BCUT2D eigenvalue weighted by atomic mass is 32.1. The largest absolute Gasteiger partial charge is 0.471 e. The molecule has 4 heterocycles. The number of rotatable bonds is 1. The first kappa shape index (κ1) is 20.9. The molecule has 0 fully saturated rings. The molecular weight excluding hydrogens is 470 g/mol. The van der Waals surface area contributed by atoms with Crippen molar-refractivity contribution in [3.8, 4) is 0 Å². The van der Waals surface area contributed by atoms with E-state index in [0.29, 0.717) is 11.1 Å². The van der Waals surface area contributed by atoms with Crippen molar-refractivity contribution < 1.29 is 14.0 Å². The molecule has 1 aliphatic carbocycles. The molecule has 0 unspecified atom stereocenters. The van der Waals surface area contributed by atoms with Crippen LogP contribution in [0.3, 0.4) is 0 Å². The summed E-state index contributed by atoms with van der Waals surface area (Å²) in [7, 11) is -1.89. The van der Waals surface area contributed by atoms with Gasteiger partial charge in [-0.05, 0) is 39.7 Å². The fourth-order valence-corrected chi connectivity index (χ4v) is 10.3. The summed E-state index contributed by atoms with van der Waals surface area (Å²) < 4.78 is 5.08. The van der Waals surface area contributed by atoms with Crippen LogP contribution in [0.5, 0.6) is 0 Å². The van der Waals surface area contributed by atoms with Crippen LogP contribution in [-0.4, -0.2) is 19.6 Å². The summed E-state index contributed by atoms with van der Waals surface area (Å²) in [4.78, 5) is 29.1. The number of Topliss-reactive ketones (excluding diaryl/α,β-unsaturated/α-hetero) is 2. The number of nitrogens with zero attached hydrogens (tertiary/aromatic N) is 1. The Morgan fingerprint density at radius 3 is 2.34 bits per heavy atom. The second kappa shape index (κ2) is 6.59. The number of benzene rings is 2. The van der Waals surface area contributed by atoms with Gasteiger partial charge in [0.25, 0.3) is 0 Å². The lowest BCUT2D eigenvalue weighted by Gasteiger charge is -2.47. The van der Waals surface area contributed by atoms with Gasteiger partial charge in [-0.2, -0.15) is 0 Å². The number of allylic oxidation sites excluding steroid dienone is 1. The van der Waals surface area contributed by atoms with E-state index in [1.807, 2.05) is 0 Å². The van der Waals surface area contributed by atoms with Gasteiger partial charge < -0.3 is 9.32 Å². The number of anilines is 3. The Hall–Kier alpha value is -3.48. The van der Waals surface area contributed by atoms with E-state index in [1.165, 1.54) is 50.4 Å². The van der Waals surface area contributed by atoms with Crippen molar-refractivity contribution in [2.24, 2.45) is 0 Å². The molecule has 0 atom stereocenters. The lowest BCUT2D eigenvalue weighted by atomic mass is 9.75. The molecule has 3 aliphatic rings. The summed E-state index contributed by atoms with van der Waals surface area (Å²) in [5.41, 5.74) is 5.83. The first-order chi connectivity index (χ1) is 16.7. The average molecular weight is 494 g/mol. The molecular formula is C29H23NO3SSi. The Morgan fingerprint density at radius 1 is 0.914 bits per heavy atom. The Bertz CT molecular complexity index is 1620. The van der Waals surface area contributed by atoms with Crippen LogP contribution in [0.15, 0.2) is 71.0 Å². The topological polar surface area (TPSA) is 50.5 Å². The van der Waals surface area contributed by atoms with Crippen LogP contribution >= 0.6 is 11.3 Å². The van der Waals surface area contributed by atoms with Crippen LogP contribution in [0.25, 0.3) is 6.08 Å². The van der Waals surface area contributed by atoms with Crippen molar-refractivity contribution >= 4 is 63.8 Å². The molecule has 172 valence electrons. The quantitative estimate of drug-likeness (QED) is 0.184. The van der Waals surface area contributed by atoms with Crippen molar-refractivity contribution in [3.05, 3.63) is 93.8 Å². The molecule has 0 amide bonds. The number of hydrogen-bond donors (Lipinski definition) is 0. The van der Waals surface area contributed by atoms with Gasteiger partial charge in [-0.3, -0.25) is 9.59 Å². The molecule has 2 aliphatic heterocycles. The third-order valence-corrected chi connectivity index (χ3v) is 12.5. The molecule has 4 aromatic rings. The zero-order valence-electron chi connectivity index (χ0n) is 19.9. The third kappa shape index (κ3) is 2.51. The number of carbonyl (C=O) groups excluding carboxylic acids is 2. The number of furan rings is 1. The smallest absolute Gasteiger partial charge is 0.201 e. The molecule has 0 saturated carbocycles. The standard InChI is InChI=1S/C29H23NO3SSi/c1-29(2)20-8-7-11-24-25(20)30(22-9-5-6-10-23(22)35(24,3)4)28-21(29)13-16(34-28)12-17-26(31)18-14-33-15-19(18)27(17)32/h5-15H,1-4H3.